The maximum absolute atomic E-state index is 13.2. The van der Waals surface area contributed by atoms with Crippen LogP contribution in [0.15, 0.2) is 39.4 Å². The van der Waals surface area contributed by atoms with E-state index in [9.17, 15) is 4.39 Å². The fourth-order valence-corrected chi connectivity index (χ4v) is 3.02. The van der Waals surface area contributed by atoms with E-state index >= 15 is 0 Å². The van der Waals surface area contributed by atoms with Crippen molar-refractivity contribution in [3.05, 3.63) is 51.0 Å². The summed E-state index contributed by atoms with van der Waals surface area (Å²) >= 11 is 12.7. The number of nitrogens with zero attached hydrogens (tertiary/aromatic N) is 3. The van der Waals surface area contributed by atoms with Gasteiger partial charge in [0.2, 0.25) is 0 Å². The van der Waals surface area contributed by atoms with Crippen LogP contribution in [0.4, 0.5) is 4.39 Å². The van der Waals surface area contributed by atoms with Gasteiger partial charge in [0, 0.05) is 15.1 Å². The molecule has 0 saturated carbocycles. The molecule has 7 heteroatoms. The second-order valence-corrected chi connectivity index (χ2v) is 6.13. The SMILES string of the molecule is Fc1ccc(-n2c(CCl)nc3cc(Br)cnc32)c(Br)c1. The van der Waals surface area contributed by atoms with Gasteiger partial charge in [-0.3, -0.25) is 4.57 Å². The smallest absolute Gasteiger partial charge is 0.164 e. The third-order valence-electron chi connectivity index (χ3n) is 2.80. The molecule has 3 nitrogen and oxygen atoms in total. The first-order valence-corrected chi connectivity index (χ1v) is 7.76. The van der Waals surface area contributed by atoms with Crippen molar-refractivity contribution in [3.8, 4) is 5.69 Å². The number of benzene rings is 1. The number of hydrogen-bond acceptors (Lipinski definition) is 2. The molecule has 1 aromatic carbocycles. The topological polar surface area (TPSA) is 30.7 Å². The van der Waals surface area contributed by atoms with Crippen LogP contribution in [0.3, 0.4) is 0 Å². The molecule has 0 aliphatic rings. The van der Waals surface area contributed by atoms with E-state index in [1.54, 1.807) is 12.3 Å². The molecule has 3 rings (SSSR count). The summed E-state index contributed by atoms with van der Waals surface area (Å²) in [5.41, 5.74) is 2.15. The van der Waals surface area contributed by atoms with Crippen molar-refractivity contribution in [1.82, 2.24) is 14.5 Å². The summed E-state index contributed by atoms with van der Waals surface area (Å²) in [7, 11) is 0. The molecule has 0 atom stereocenters. The average Bonchev–Trinajstić information content (AvgIpc) is 2.76. The molecule has 2 heterocycles. The highest BCUT2D eigenvalue weighted by atomic mass is 79.9. The van der Waals surface area contributed by atoms with Gasteiger partial charge >= 0.3 is 0 Å². The minimum Gasteiger partial charge on any atom is -0.279 e. The highest BCUT2D eigenvalue weighted by molar-refractivity contribution is 9.10. The second kappa shape index (κ2) is 5.42. The molecule has 0 amide bonds. The van der Waals surface area contributed by atoms with Crippen LogP contribution >= 0.6 is 43.5 Å². The molecule has 0 radical (unpaired) electrons. The van der Waals surface area contributed by atoms with Crippen LogP contribution in [0.1, 0.15) is 5.82 Å². The second-order valence-electron chi connectivity index (χ2n) is 4.09. The maximum atomic E-state index is 13.2. The van der Waals surface area contributed by atoms with Crippen LogP contribution < -0.4 is 0 Å². The van der Waals surface area contributed by atoms with Crippen LogP contribution in [-0.4, -0.2) is 14.5 Å². The third kappa shape index (κ3) is 2.36. The van der Waals surface area contributed by atoms with E-state index in [2.05, 4.69) is 41.8 Å². The van der Waals surface area contributed by atoms with E-state index in [-0.39, 0.29) is 11.7 Å². The molecule has 0 aliphatic heterocycles. The summed E-state index contributed by atoms with van der Waals surface area (Å²) < 4.78 is 16.5. The highest BCUT2D eigenvalue weighted by Gasteiger charge is 2.15. The Bertz CT molecular complexity index is 804. The first-order valence-electron chi connectivity index (χ1n) is 5.64. The summed E-state index contributed by atoms with van der Waals surface area (Å²) in [6, 6.07) is 6.33. The Morgan fingerprint density at radius 2 is 2.05 bits per heavy atom. The zero-order valence-corrected chi connectivity index (χ0v) is 13.9. The molecular formula is C13H7Br2ClFN3. The Morgan fingerprint density at radius 3 is 2.75 bits per heavy atom. The van der Waals surface area contributed by atoms with Gasteiger partial charge in [0.1, 0.15) is 17.2 Å². The summed E-state index contributed by atoms with van der Waals surface area (Å²) in [5.74, 6) is 0.574. The first-order chi connectivity index (χ1) is 9.60. The van der Waals surface area contributed by atoms with Crippen molar-refractivity contribution in [2.45, 2.75) is 5.88 Å². The van der Waals surface area contributed by atoms with Gasteiger partial charge in [-0.2, -0.15) is 0 Å². The van der Waals surface area contributed by atoms with Gasteiger partial charge in [0.05, 0.1) is 11.6 Å². The standard InChI is InChI=1S/C13H7Br2ClFN3/c14-7-3-10-13(18-6-7)20(12(5-16)19-10)11-2-1-8(17)4-9(11)15/h1-4,6H,5H2. The Kier molecular flexibility index (Phi) is 3.79. The lowest BCUT2D eigenvalue weighted by molar-refractivity contribution is 0.626. The van der Waals surface area contributed by atoms with E-state index < -0.39 is 0 Å². The molecule has 3 aromatic rings. The lowest BCUT2D eigenvalue weighted by atomic mass is 10.3. The van der Waals surface area contributed by atoms with Gasteiger partial charge in [0.15, 0.2) is 5.65 Å². The summed E-state index contributed by atoms with van der Waals surface area (Å²) in [5, 5.41) is 0. The summed E-state index contributed by atoms with van der Waals surface area (Å²) in [4.78, 5) is 8.83. The Balaban J connectivity index is 2.34. The molecule has 0 fully saturated rings. The number of pyridine rings is 1. The van der Waals surface area contributed by atoms with E-state index in [4.69, 9.17) is 11.6 Å². The molecular weight excluding hydrogens is 412 g/mol. The largest absolute Gasteiger partial charge is 0.279 e. The van der Waals surface area contributed by atoms with Crippen molar-refractivity contribution in [2.24, 2.45) is 0 Å². The normalized spacial score (nSPS) is 11.2. The van der Waals surface area contributed by atoms with Gasteiger partial charge < -0.3 is 0 Å². The molecule has 0 N–H and O–H groups in total. The van der Waals surface area contributed by atoms with Gasteiger partial charge in [-0.05, 0) is 56.1 Å². The summed E-state index contributed by atoms with van der Waals surface area (Å²) in [6.07, 6.45) is 1.69. The molecule has 0 saturated heterocycles. The minimum atomic E-state index is -0.312. The molecule has 2 aromatic heterocycles. The minimum absolute atomic E-state index is 0.234. The van der Waals surface area contributed by atoms with Gasteiger partial charge in [0.25, 0.3) is 0 Å². The van der Waals surface area contributed by atoms with Crippen molar-refractivity contribution < 1.29 is 4.39 Å². The van der Waals surface area contributed by atoms with Gasteiger partial charge in [-0.1, -0.05) is 0 Å². The molecule has 0 unspecified atom stereocenters. The molecule has 20 heavy (non-hydrogen) atoms. The molecule has 0 bridgehead atoms. The van der Waals surface area contributed by atoms with E-state index in [0.29, 0.717) is 15.9 Å². The number of imidazole rings is 1. The third-order valence-corrected chi connectivity index (χ3v) is 4.11. The molecule has 102 valence electrons. The fourth-order valence-electron chi connectivity index (χ4n) is 1.99. The van der Waals surface area contributed by atoms with E-state index in [1.807, 2.05) is 10.6 Å². The summed E-state index contributed by atoms with van der Waals surface area (Å²) in [6.45, 7) is 0. The molecule has 0 spiro atoms. The van der Waals surface area contributed by atoms with Crippen LogP contribution in [0.5, 0.6) is 0 Å². The van der Waals surface area contributed by atoms with E-state index in [0.717, 1.165) is 15.7 Å². The van der Waals surface area contributed by atoms with Gasteiger partial charge in [-0.25, -0.2) is 14.4 Å². The maximum Gasteiger partial charge on any atom is 0.164 e. The Labute approximate surface area is 136 Å². The predicted molar refractivity (Wildman–Crippen MR) is 83.8 cm³/mol. The van der Waals surface area contributed by atoms with Crippen LogP contribution in [-0.2, 0) is 5.88 Å². The Hall–Kier alpha value is -0.980. The van der Waals surface area contributed by atoms with Crippen LogP contribution in [0.2, 0.25) is 0 Å². The van der Waals surface area contributed by atoms with Crippen LogP contribution in [0, 0.1) is 5.82 Å². The fraction of sp³-hybridized carbons (Fsp3) is 0.0769. The van der Waals surface area contributed by atoms with Crippen molar-refractivity contribution in [3.63, 3.8) is 0 Å². The number of fused-ring (bicyclic) bond motifs is 1. The predicted octanol–water partition coefficient (Wildman–Crippen LogP) is 4.82. The van der Waals surface area contributed by atoms with Crippen molar-refractivity contribution >= 4 is 54.6 Å². The zero-order chi connectivity index (χ0) is 14.3. The number of aromatic nitrogens is 3. The number of rotatable bonds is 2. The van der Waals surface area contributed by atoms with Crippen molar-refractivity contribution in [2.75, 3.05) is 0 Å². The number of halogens is 4. The van der Waals surface area contributed by atoms with Crippen LogP contribution in [0.25, 0.3) is 16.9 Å². The lowest BCUT2D eigenvalue weighted by Crippen LogP contribution is -2.01. The molecule has 0 aliphatic carbocycles. The quantitative estimate of drug-likeness (QED) is 0.558. The van der Waals surface area contributed by atoms with E-state index in [1.165, 1.54) is 12.1 Å². The van der Waals surface area contributed by atoms with Crippen molar-refractivity contribution in [1.29, 1.82) is 0 Å². The lowest BCUT2D eigenvalue weighted by Gasteiger charge is -2.09. The monoisotopic (exact) mass is 417 g/mol. The highest BCUT2D eigenvalue weighted by Crippen LogP contribution is 2.28. The number of alkyl halides is 1. The first kappa shape index (κ1) is 14.0. The average molecular weight is 419 g/mol. The number of hydrogen-bond donors (Lipinski definition) is 0. The Morgan fingerprint density at radius 1 is 1.25 bits per heavy atom. The van der Waals surface area contributed by atoms with Gasteiger partial charge in [-0.15, -0.1) is 11.6 Å². The zero-order valence-electron chi connectivity index (χ0n) is 9.95.